The van der Waals surface area contributed by atoms with E-state index in [1.165, 1.54) is 0 Å². The third kappa shape index (κ3) is 2.48. The molecule has 2 rings (SSSR count). The summed E-state index contributed by atoms with van der Waals surface area (Å²) in [7, 11) is 1.62. The number of amides is 1. The highest BCUT2D eigenvalue weighted by atomic mass is 16.5. The number of ether oxygens (including phenoxy) is 1. The van der Waals surface area contributed by atoms with E-state index in [0.717, 1.165) is 16.7 Å². The molecule has 0 saturated heterocycles. The first-order valence-electron chi connectivity index (χ1n) is 5.58. The van der Waals surface area contributed by atoms with Gasteiger partial charge in [0.05, 0.1) is 12.6 Å². The second kappa shape index (κ2) is 5.31. The van der Waals surface area contributed by atoms with E-state index in [9.17, 15) is 4.79 Å². The zero-order valence-electron chi connectivity index (χ0n) is 10.1. The van der Waals surface area contributed by atoms with E-state index in [2.05, 4.69) is 16.9 Å². The van der Waals surface area contributed by atoms with E-state index in [4.69, 9.17) is 4.74 Å². The zero-order chi connectivity index (χ0) is 13.0. The number of hydrogen-bond donors (Lipinski definition) is 1. The second-order valence-electron chi connectivity index (χ2n) is 3.75. The minimum Gasteiger partial charge on any atom is -0.497 e. The fourth-order valence-electron chi connectivity index (χ4n) is 1.61. The Morgan fingerprint density at radius 3 is 3.00 bits per heavy atom. The molecule has 4 heteroatoms. The van der Waals surface area contributed by atoms with Gasteiger partial charge in [-0.15, -0.1) is 6.58 Å². The van der Waals surface area contributed by atoms with Gasteiger partial charge in [0.2, 0.25) is 0 Å². The van der Waals surface area contributed by atoms with Gasteiger partial charge in [0.25, 0.3) is 5.91 Å². The number of carbonyl (C=O) groups is 1. The number of hydrogen-bond acceptors (Lipinski definition) is 3. The molecular weight excluding hydrogens is 228 g/mol. The highest BCUT2D eigenvalue weighted by Gasteiger charge is 2.07. The van der Waals surface area contributed by atoms with Crippen LogP contribution in [-0.2, 0) is 0 Å². The normalized spacial score (nSPS) is 10.1. The summed E-state index contributed by atoms with van der Waals surface area (Å²) in [5.74, 6) is 0.570. The largest absolute Gasteiger partial charge is 0.497 e. The van der Waals surface area contributed by atoms with Crippen LogP contribution in [0.2, 0.25) is 0 Å². The van der Waals surface area contributed by atoms with Crippen LogP contribution in [0, 0.1) is 0 Å². The van der Waals surface area contributed by atoms with Crippen molar-refractivity contribution in [1.82, 2.24) is 10.3 Å². The average Bonchev–Trinajstić information content (AvgIpc) is 2.43. The van der Waals surface area contributed by atoms with Crippen molar-refractivity contribution in [3.05, 3.63) is 48.7 Å². The first-order valence-corrected chi connectivity index (χ1v) is 5.58. The van der Waals surface area contributed by atoms with Crippen molar-refractivity contribution < 1.29 is 9.53 Å². The third-order valence-corrected chi connectivity index (χ3v) is 2.54. The fourth-order valence-corrected chi connectivity index (χ4v) is 1.61. The first kappa shape index (κ1) is 12.1. The van der Waals surface area contributed by atoms with Crippen molar-refractivity contribution in [1.29, 1.82) is 0 Å². The van der Waals surface area contributed by atoms with Gasteiger partial charge in [-0.05, 0) is 24.3 Å². The molecule has 0 atom stereocenters. The Kier molecular flexibility index (Phi) is 3.57. The summed E-state index contributed by atoms with van der Waals surface area (Å²) in [5.41, 5.74) is 1.16. The SMILES string of the molecule is C=CCNC(=O)c1ccc2cc(OC)ccc2n1. The molecule has 18 heavy (non-hydrogen) atoms. The Morgan fingerprint density at radius 2 is 2.28 bits per heavy atom. The van der Waals surface area contributed by atoms with Crippen molar-refractivity contribution >= 4 is 16.8 Å². The molecule has 1 N–H and O–H groups in total. The molecule has 0 spiro atoms. The molecule has 1 aromatic carbocycles. The Hall–Kier alpha value is -2.36. The number of aromatic nitrogens is 1. The molecule has 0 radical (unpaired) electrons. The maximum Gasteiger partial charge on any atom is 0.270 e. The number of methoxy groups -OCH3 is 1. The molecular formula is C14H14N2O2. The highest BCUT2D eigenvalue weighted by Crippen LogP contribution is 2.19. The predicted molar refractivity (Wildman–Crippen MR) is 70.8 cm³/mol. The lowest BCUT2D eigenvalue weighted by Gasteiger charge is -2.05. The quantitative estimate of drug-likeness (QED) is 0.836. The molecule has 2 aromatic rings. The van der Waals surface area contributed by atoms with Crippen molar-refractivity contribution in [2.75, 3.05) is 13.7 Å². The van der Waals surface area contributed by atoms with Crippen molar-refractivity contribution in [2.24, 2.45) is 0 Å². The minimum atomic E-state index is -0.201. The van der Waals surface area contributed by atoms with E-state index >= 15 is 0 Å². The number of carbonyl (C=O) groups excluding carboxylic acids is 1. The van der Waals surface area contributed by atoms with Gasteiger partial charge >= 0.3 is 0 Å². The van der Waals surface area contributed by atoms with Gasteiger partial charge in [-0.25, -0.2) is 4.98 Å². The van der Waals surface area contributed by atoms with Crippen LogP contribution in [0.15, 0.2) is 43.0 Å². The van der Waals surface area contributed by atoms with Gasteiger partial charge in [-0.2, -0.15) is 0 Å². The number of nitrogens with one attached hydrogen (secondary N) is 1. The number of rotatable bonds is 4. The molecule has 1 aromatic heterocycles. The van der Waals surface area contributed by atoms with Crippen molar-refractivity contribution in [2.45, 2.75) is 0 Å². The highest BCUT2D eigenvalue weighted by molar-refractivity contribution is 5.95. The van der Waals surface area contributed by atoms with E-state index in [1.54, 1.807) is 19.3 Å². The minimum absolute atomic E-state index is 0.201. The molecule has 0 fully saturated rings. The molecule has 1 heterocycles. The smallest absolute Gasteiger partial charge is 0.270 e. The molecule has 0 bridgehead atoms. The number of fused-ring (bicyclic) bond motifs is 1. The van der Waals surface area contributed by atoms with E-state index < -0.39 is 0 Å². The van der Waals surface area contributed by atoms with Crippen LogP contribution < -0.4 is 10.1 Å². The van der Waals surface area contributed by atoms with Crippen LogP contribution in [0.1, 0.15) is 10.5 Å². The van der Waals surface area contributed by atoms with Crippen LogP contribution in [0.3, 0.4) is 0 Å². The first-order chi connectivity index (χ1) is 8.74. The molecule has 92 valence electrons. The molecule has 0 saturated carbocycles. The molecule has 0 aliphatic carbocycles. The predicted octanol–water partition coefficient (Wildman–Crippen LogP) is 2.16. The Labute approximate surface area is 105 Å². The van der Waals surface area contributed by atoms with Crippen molar-refractivity contribution in [3.8, 4) is 5.75 Å². The summed E-state index contributed by atoms with van der Waals surface area (Å²) in [4.78, 5) is 16.0. The Bertz CT molecular complexity index is 593. The topological polar surface area (TPSA) is 51.2 Å². The van der Waals surface area contributed by atoms with Gasteiger partial charge in [-0.1, -0.05) is 12.1 Å². The molecule has 0 aliphatic heterocycles. The number of benzene rings is 1. The number of nitrogens with zero attached hydrogens (tertiary/aromatic N) is 1. The summed E-state index contributed by atoms with van der Waals surface area (Å²) in [5, 5.41) is 3.63. The number of pyridine rings is 1. The molecule has 1 amide bonds. The second-order valence-corrected chi connectivity index (χ2v) is 3.75. The maximum absolute atomic E-state index is 11.7. The molecule has 4 nitrogen and oxygen atoms in total. The lowest BCUT2D eigenvalue weighted by molar-refractivity contribution is 0.0953. The summed E-state index contributed by atoms with van der Waals surface area (Å²) in [6.45, 7) is 3.98. The molecule has 0 unspecified atom stereocenters. The van der Waals surface area contributed by atoms with Crippen molar-refractivity contribution in [3.63, 3.8) is 0 Å². The van der Waals surface area contributed by atoms with Gasteiger partial charge in [-0.3, -0.25) is 4.79 Å². The summed E-state index contributed by atoms with van der Waals surface area (Å²) < 4.78 is 5.13. The average molecular weight is 242 g/mol. The zero-order valence-corrected chi connectivity index (χ0v) is 10.1. The summed E-state index contributed by atoms with van der Waals surface area (Å²) in [6.07, 6.45) is 1.63. The Morgan fingerprint density at radius 1 is 1.44 bits per heavy atom. The van der Waals surface area contributed by atoms with Gasteiger partial charge in [0.15, 0.2) is 0 Å². The van der Waals surface area contributed by atoms with E-state index in [1.807, 2.05) is 24.3 Å². The summed E-state index contributed by atoms with van der Waals surface area (Å²) in [6, 6.07) is 9.08. The van der Waals surface area contributed by atoms with Gasteiger partial charge in [0.1, 0.15) is 11.4 Å². The molecule has 0 aliphatic rings. The lowest BCUT2D eigenvalue weighted by Crippen LogP contribution is -2.24. The standard InChI is InChI=1S/C14H14N2O2/c1-3-8-15-14(17)13-6-4-10-9-11(18-2)5-7-12(10)16-13/h3-7,9H,1,8H2,2H3,(H,15,17). The van der Waals surface area contributed by atoms with Crippen LogP contribution in [0.4, 0.5) is 0 Å². The van der Waals surface area contributed by atoms with Crippen LogP contribution in [0.5, 0.6) is 5.75 Å². The van der Waals surface area contributed by atoms with Gasteiger partial charge in [0, 0.05) is 11.9 Å². The van der Waals surface area contributed by atoms with Crippen LogP contribution in [0.25, 0.3) is 10.9 Å². The maximum atomic E-state index is 11.7. The Balaban J connectivity index is 2.32. The fraction of sp³-hybridized carbons (Fsp3) is 0.143. The van der Waals surface area contributed by atoms with Gasteiger partial charge < -0.3 is 10.1 Å². The summed E-state index contributed by atoms with van der Waals surface area (Å²) >= 11 is 0. The monoisotopic (exact) mass is 242 g/mol. The lowest BCUT2D eigenvalue weighted by atomic mass is 10.2. The van der Waals surface area contributed by atoms with E-state index in [0.29, 0.717) is 12.2 Å². The third-order valence-electron chi connectivity index (χ3n) is 2.54. The van der Waals surface area contributed by atoms with E-state index in [-0.39, 0.29) is 5.91 Å². The van der Waals surface area contributed by atoms with Crippen LogP contribution >= 0.6 is 0 Å². The van der Waals surface area contributed by atoms with Crippen LogP contribution in [-0.4, -0.2) is 24.5 Å².